The molecule has 0 unspecified atom stereocenters. The first-order chi connectivity index (χ1) is 14.9. The highest BCUT2D eigenvalue weighted by Crippen LogP contribution is 2.31. The van der Waals surface area contributed by atoms with Crippen molar-refractivity contribution in [2.45, 2.75) is 23.5 Å². The molecule has 32 heavy (non-hydrogen) atoms. The summed E-state index contributed by atoms with van der Waals surface area (Å²) in [4.78, 5) is 31.7. The minimum atomic E-state index is -5.53. The Labute approximate surface area is 179 Å². The largest absolute Gasteiger partial charge is 0.491 e. The summed E-state index contributed by atoms with van der Waals surface area (Å²) in [7, 11) is 0. The summed E-state index contributed by atoms with van der Waals surface area (Å²) >= 11 is 0.984. The Bertz CT molecular complexity index is 921. The van der Waals surface area contributed by atoms with Crippen molar-refractivity contribution in [2.75, 3.05) is 31.9 Å². The van der Waals surface area contributed by atoms with Crippen molar-refractivity contribution in [3.8, 4) is 0 Å². The normalized spacial score (nSPS) is 17.3. The number of fused-ring (bicyclic) bond motifs is 1. The molecule has 1 N–H and O–H groups in total. The van der Waals surface area contributed by atoms with E-state index in [0.717, 1.165) is 16.7 Å². The third-order valence-corrected chi connectivity index (χ3v) is 4.90. The molecule has 176 valence electrons. The van der Waals surface area contributed by atoms with Gasteiger partial charge in [-0.05, 0) is 12.1 Å². The van der Waals surface area contributed by atoms with Gasteiger partial charge in [0.05, 0.1) is 6.54 Å². The summed E-state index contributed by atoms with van der Waals surface area (Å²) < 4.78 is 90.4. The van der Waals surface area contributed by atoms with E-state index in [2.05, 4.69) is 24.8 Å². The molecular formula is C16H14F6N4O5S. The number of aromatic nitrogens is 2. The van der Waals surface area contributed by atoms with Crippen molar-refractivity contribution in [2.24, 2.45) is 0 Å². The van der Waals surface area contributed by atoms with Crippen molar-refractivity contribution < 1.29 is 49.8 Å². The molecule has 1 aliphatic heterocycles. The number of rotatable bonds is 6. The second kappa shape index (κ2) is 9.11. The molecule has 0 amide bonds. The number of ether oxygens (including phenoxy) is 2. The molecule has 0 radical (unpaired) electrons. The van der Waals surface area contributed by atoms with E-state index >= 15 is 0 Å². The van der Waals surface area contributed by atoms with E-state index in [1.807, 2.05) is 0 Å². The first kappa shape index (κ1) is 24.1. The molecule has 9 nitrogen and oxygen atoms in total. The van der Waals surface area contributed by atoms with E-state index in [0.29, 0.717) is 11.2 Å². The van der Waals surface area contributed by atoms with Gasteiger partial charge in [-0.25, -0.2) is 19.5 Å². The van der Waals surface area contributed by atoms with Crippen LogP contribution in [0.25, 0.3) is 11.2 Å². The lowest BCUT2D eigenvalue weighted by Gasteiger charge is -2.44. The van der Waals surface area contributed by atoms with Gasteiger partial charge in [0.1, 0.15) is 0 Å². The smallest absolute Gasteiger partial charge is 0.430 e. The Hall–Kier alpha value is -2.59. The zero-order valence-electron chi connectivity index (χ0n) is 15.8. The Morgan fingerprint density at radius 1 is 1.19 bits per heavy atom. The number of carbonyl (C=O) groups is 2. The molecule has 0 atom stereocenters. The molecule has 1 fully saturated rings. The predicted molar refractivity (Wildman–Crippen MR) is 94.0 cm³/mol. The van der Waals surface area contributed by atoms with Crippen LogP contribution >= 0.6 is 11.8 Å². The van der Waals surface area contributed by atoms with Crippen LogP contribution in [0.5, 0.6) is 0 Å². The van der Waals surface area contributed by atoms with Crippen molar-refractivity contribution in [3.63, 3.8) is 0 Å². The standard InChI is InChI=1S/C16H14F6N4O5S/c17-15(18,19)11(27)30-14(31-12(28)16(20,21)22)8-23-4-5-26(14)6-7-32-13-25-10-9(29-13)2-1-3-24-10/h1-3,23H,4-8H2. The van der Waals surface area contributed by atoms with E-state index < -0.39 is 36.7 Å². The van der Waals surface area contributed by atoms with E-state index in [1.165, 1.54) is 6.20 Å². The molecule has 0 spiro atoms. The monoisotopic (exact) mass is 488 g/mol. The van der Waals surface area contributed by atoms with Gasteiger partial charge in [0.2, 0.25) is 0 Å². The molecule has 2 aromatic rings. The Morgan fingerprint density at radius 3 is 2.44 bits per heavy atom. The number of hydrogen-bond acceptors (Lipinski definition) is 10. The molecule has 1 aliphatic rings. The fourth-order valence-electron chi connectivity index (χ4n) is 2.71. The Balaban J connectivity index is 1.77. The third kappa shape index (κ3) is 5.60. The lowest BCUT2D eigenvalue weighted by Crippen LogP contribution is -2.67. The van der Waals surface area contributed by atoms with Crippen LogP contribution in [0.3, 0.4) is 0 Å². The van der Waals surface area contributed by atoms with Crippen LogP contribution < -0.4 is 5.32 Å². The predicted octanol–water partition coefficient (Wildman–Crippen LogP) is 2.08. The van der Waals surface area contributed by atoms with Crippen molar-refractivity contribution in [1.29, 1.82) is 0 Å². The number of nitrogens with one attached hydrogen (secondary N) is 1. The highest BCUT2D eigenvalue weighted by atomic mass is 32.2. The van der Waals surface area contributed by atoms with Gasteiger partial charge in [-0.2, -0.15) is 31.3 Å². The number of halogens is 6. The van der Waals surface area contributed by atoms with Crippen LogP contribution in [0.4, 0.5) is 26.3 Å². The van der Waals surface area contributed by atoms with Crippen LogP contribution in [-0.2, 0) is 19.1 Å². The fourth-order valence-corrected chi connectivity index (χ4v) is 3.49. The van der Waals surface area contributed by atoms with Gasteiger partial charge >= 0.3 is 30.2 Å². The number of pyridine rings is 1. The number of carbonyl (C=O) groups excluding carboxylic acids is 2. The molecule has 2 aromatic heterocycles. The number of piperazine rings is 1. The molecule has 1 saturated heterocycles. The van der Waals surface area contributed by atoms with Gasteiger partial charge in [0.25, 0.3) is 5.22 Å². The van der Waals surface area contributed by atoms with Gasteiger partial charge < -0.3 is 19.2 Å². The van der Waals surface area contributed by atoms with Crippen molar-refractivity contribution >= 4 is 34.9 Å². The molecule has 0 aliphatic carbocycles. The van der Waals surface area contributed by atoms with Crippen LogP contribution in [0.2, 0.25) is 0 Å². The molecule has 3 rings (SSSR count). The summed E-state index contributed by atoms with van der Waals surface area (Å²) in [6.45, 7) is -1.12. The highest BCUT2D eigenvalue weighted by molar-refractivity contribution is 7.99. The maximum Gasteiger partial charge on any atom is 0.491 e. The number of thioether (sulfide) groups is 1. The summed E-state index contributed by atoms with van der Waals surface area (Å²) in [5.41, 5.74) is 0.689. The molecule has 0 saturated carbocycles. The number of esters is 2. The van der Waals surface area contributed by atoms with Gasteiger partial charge in [0.15, 0.2) is 11.2 Å². The average Bonchev–Trinajstić information content (AvgIpc) is 3.10. The molecule has 0 bridgehead atoms. The zero-order valence-corrected chi connectivity index (χ0v) is 16.6. The molecular weight excluding hydrogens is 474 g/mol. The lowest BCUT2D eigenvalue weighted by atomic mass is 10.3. The number of hydrogen-bond donors (Lipinski definition) is 1. The molecule has 0 aromatic carbocycles. The first-order valence-electron chi connectivity index (χ1n) is 8.81. The SMILES string of the molecule is O=C(OC1(OC(=O)C(F)(F)F)CNCCN1CCSc1nc2ncccc2o1)C(F)(F)F. The van der Waals surface area contributed by atoms with Crippen LogP contribution in [0.15, 0.2) is 28.0 Å². The summed E-state index contributed by atoms with van der Waals surface area (Å²) in [5.74, 6) is -8.54. The van der Waals surface area contributed by atoms with Crippen molar-refractivity contribution in [1.82, 2.24) is 20.2 Å². The van der Waals surface area contributed by atoms with Crippen LogP contribution in [0, 0.1) is 0 Å². The zero-order chi connectivity index (χ0) is 23.6. The van der Waals surface area contributed by atoms with Gasteiger partial charge in [0, 0.05) is 31.6 Å². The second-order valence-electron chi connectivity index (χ2n) is 6.30. The van der Waals surface area contributed by atoms with Gasteiger partial charge in [-0.1, -0.05) is 11.8 Å². The van der Waals surface area contributed by atoms with E-state index in [9.17, 15) is 35.9 Å². The fraction of sp³-hybridized carbons (Fsp3) is 0.500. The third-order valence-electron chi connectivity index (χ3n) is 4.09. The van der Waals surface area contributed by atoms with E-state index in [1.54, 1.807) is 12.1 Å². The average molecular weight is 488 g/mol. The van der Waals surface area contributed by atoms with Crippen molar-refractivity contribution in [3.05, 3.63) is 18.3 Å². The topological polar surface area (TPSA) is 107 Å². The minimum absolute atomic E-state index is 0.0295. The maximum atomic E-state index is 12.7. The maximum absolute atomic E-state index is 12.7. The minimum Gasteiger partial charge on any atom is -0.430 e. The van der Waals surface area contributed by atoms with E-state index in [-0.39, 0.29) is 30.6 Å². The van der Waals surface area contributed by atoms with Crippen LogP contribution in [-0.4, -0.2) is 77.0 Å². The van der Waals surface area contributed by atoms with E-state index in [4.69, 9.17) is 4.42 Å². The molecule has 16 heteroatoms. The quantitative estimate of drug-likeness (QED) is 0.281. The second-order valence-corrected chi connectivity index (χ2v) is 7.35. The summed E-state index contributed by atoms with van der Waals surface area (Å²) in [6.07, 6.45) is -9.57. The number of oxazole rings is 1. The Morgan fingerprint density at radius 2 is 1.84 bits per heavy atom. The molecule has 3 heterocycles. The van der Waals surface area contributed by atoms with Crippen LogP contribution in [0.1, 0.15) is 0 Å². The highest BCUT2D eigenvalue weighted by Gasteiger charge is 2.55. The number of alkyl halides is 6. The first-order valence-corrected chi connectivity index (χ1v) is 9.80. The summed E-state index contributed by atoms with van der Waals surface area (Å²) in [5, 5.41) is 2.62. The summed E-state index contributed by atoms with van der Waals surface area (Å²) in [6, 6.07) is 3.22. The van der Waals surface area contributed by atoms with Gasteiger partial charge in [-0.15, -0.1) is 0 Å². The lowest BCUT2D eigenvalue weighted by molar-refractivity contribution is -0.318. The van der Waals surface area contributed by atoms with Gasteiger partial charge in [-0.3, -0.25) is 0 Å². The number of nitrogens with zero attached hydrogens (tertiary/aromatic N) is 3. The Kier molecular flexibility index (Phi) is 6.85.